The zero-order valence-electron chi connectivity index (χ0n) is 11.4. The molecule has 1 heterocycles. The molecule has 2 aliphatic carbocycles. The molecule has 1 aromatic rings. The normalized spacial score (nSPS) is 29.6. The van der Waals surface area contributed by atoms with Crippen LogP contribution < -0.4 is 5.32 Å². The quantitative estimate of drug-likeness (QED) is 0.880. The van der Waals surface area contributed by atoms with Crippen LogP contribution in [0.2, 0.25) is 0 Å². The number of nitrogens with one attached hydrogen (secondary N) is 1. The van der Waals surface area contributed by atoms with Gasteiger partial charge in [0.15, 0.2) is 0 Å². The fraction of sp³-hybridized carbons (Fsp3) is 0.588. The van der Waals surface area contributed by atoms with Gasteiger partial charge in [0, 0.05) is 13.0 Å². The number of fused-ring (bicyclic) bond motifs is 1. The SMILES string of the molecule is c1ccc2c(c1)CCC(C1CC1)C2CC1=NCCN1. The van der Waals surface area contributed by atoms with E-state index in [2.05, 4.69) is 34.6 Å². The van der Waals surface area contributed by atoms with E-state index >= 15 is 0 Å². The first-order chi connectivity index (χ1) is 9.42. The van der Waals surface area contributed by atoms with Crippen molar-refractivity contribution in [2.45, 2.75) is 38.0 Å². The van der Waals surface area contributed by atoms with Crippen molar-refractivity contribution in [3.8, 4) is 0 Å². The van der Waals surface area contributed by atoms with E-state index in [1.54, 1.807) is 11.1 Å². The predicted octanol–water partition coefficient (Wildman–Crippen LogP) is 3.13. The summed E-state index contributed by atoms with van der Waals surface area (Å²) in [6.07, 6.45) is 6.73. The molecule has 0 radical (unpaired) electrons. The number of amidine groups is 1. The van der Waals surface area contributed by atoms with Gasteiger partial charge in [0.05, 0.1) is 12.4 Å². The summed E-state index contributed by atoms with van der Waals surface area (Å²) < 4.78 is 0. The molecule has 4 rings (SSSR count). The van der Waals surface area contributed by atoms with Crippen molar-refractivity contribution in [3.63, 3.8) is 0 Å². The number of hydrogen-bond donors (Lipinski definition) is 1. The summed E-state index contributed by atoms with van der Waals surface area (Å²) in [7, 11) is 0. The molecular weight excluding hydrogens is 232 g/mol. The van der Waals surface area contributed by atoms with Gasteiger partial charge in [-0.2, -0.15) is 0 Å². The lowest BCUT2D eigenvalue weighted by Gasteiger charge is -2.34. The van der Waals surface area contributed by atoms with Crippen LogP contribution >= 0.6 is 0 Å². The van der Waals surface area contributed by atoms with Crippen LogP contribution in [0.15, 0.2) is 29.3 Å². The van der Waals surface area contributed by atoms with Gasteiger partial charge < -0.3 is 5.32 Å². The molecule has 19 heavy (non-hydrogen) atoms. The van der Waals surface area contributed by atoms with Gasteiger partial charge in [0.2, 0.25) is 0 Å². The summed E-state index contributed by atoms with van der Waals surface area (Å²) >= 11 is 0. The van der Waals surface area contributed by atoms with Gasteiger partial charge in [0.25, 0.3) is 0 Å². The van der Waals surface area contributed by atoms with Crippen molar-refractivity contribution in [2.24, 2.45) is 16.8 Å². The van der Waals surface area contributed by atoms with Crippen molar-refractivity contribution >= 4 is 5.84 Å². The molecule has 0 aromatic heterocycles. The Kier molecular flexibility index (Phi) is 2.82. The van der Waals surface area contributed by atoms with Gasteiger partial charge in [-0.05, 0) is 54.6 Å². The van der Waals surface area contributed by atoms with Gasteiger partial charge in [-0.25, -0.2) is 0 Å². The summed E-state index contributed by atoms with van der Waals surface area (Å²) in [5.74, 6) is 3.87. The Morgan fingerprint density at radius 2 is 2.05 bits per heavy atom. The fourth-order valence-electron chi connectivity index (χ4n) is 4.02. The van der Waals surface area contributed by atoms with Crippen LogP contribution in [-0.4, -0.2) is 18.9 Å². The number of rotatable bonds is 3. The minimum Gasteiger partial charge on any atom is -0.372 e. The summed E-state index contributed by atoms with van der Waals surface area (Å²) in [4.78, 5) is 4.62. The molecule has 2 heteroatoms. The Labute approximate surface area is 115 Å². The Hall–Kier alpha value is -1.31. The molecule has 0 bridgehead atoms. The number of aryl methyl sites for hydroxylation is 1. The van der Waals surface area contributed by atoms with Crippen LogP contribution in [0.5, 0.6) is 0 Å². The standard InChI is InChI=1S/C17H22N2/c1-2-4-14-12(3-1)7-8-15(13-5-6-13)16(14)11-17-18-9-10-19-17/h1-4,13,15-16H,5-11H2,(H,18,19). The molecule has 3 aliphatic rings. The maximum atomic E-state index is 4.62. The molecule has 2 atom stereocenters. The van der Waals surface area contributed by atoms with Gasteiger partial charge >= 0.3 is 0 Å². The molecule has 2 nitrogen and oxygen atoms in total. The molecule has 2 unspecified atom stereocenters. The molecule has 1 aromatic carbocycles. The summed E-state index contributed by atoms with van der Waals surface area (Å²) in [5.41, 5.74) is 3.20. The van der Waals surface area contributed by atoms with E-state index in [0.29, 0.717) is 5.92 Å². The third kappa shape index (κ3) is 2.18. The van der Waals surface area contributed by atoms with E-state index in [-0.39, 0.29) is 0 Å². The minimum absolute atomic E-state index is 0.710. The Balaban J connectivity index is 1.65. The third-order valence-electron chi connectivity index (χ3n) is 5.10. The molecule has 1 N–H and O–H groups in total. The summed E-state index contributed by atoms with van der Waals surface area (Å²) in [6, 6.07) is 9.10. The third-order valence-corrected chi connectivity index (χ3v) is 5.10. The first-order valence-electron chi connectivity index (χ1n) is 7.77. The monoisotopic (exact) mass is 254 g/mol. The smallest absolute Gasteiger partial charge is 0.0970 e. The maximum absolute atomic E-state index is 4.62. The van der Waals surface area contributed by atoms with Gasteiger partial charge in [0.1, 0.15) is 0 Å². The highest BCUT2D eigenvalue weighted by Gasteiger charge is 2.40. The zero-order valence-corrected chi connectivity index (χ0v) is 11.4. The minimum atomic E-state index is 0.710. The Morgan fingerprint density at radius 3 is 2.84 bits per heavy atom. The lowest BCUT2D eigenvalue weighted by molar-refractivity contribution is 0.334. The average Bonchev–Trinajstić information content (AvgIpc) is 3.16. The topological polar surface area (TPSA) is 24.4 Å². The number of benzene rings is 1. The van der Waals surface area contributed by atoms with Crippen LogP contribution in [0.25, 0.3) is 0 Å². The van der Waals surface area contributed by atoms with E-state index < -0.39 is 0 Å². The number of hydrogen-bond acceptors (Lipinski definition) is 2. The van der Waals surface area contributed by atoms with Gasteiger partial charge in [-0.3, -0.25) is 4.99 Å². The largest absolute Gasteiger partial charge is 0.372 e. The maximum Gasteiger partial charge on any atom is 0.0970 e. The molecule has 100 valence electrons. The molecule has 0 saturated heterocycles. The van der Waals surface area contributed by atoms with Crippen molar-refractivity contribution in [2.75, 3.05) is 13.1 Å². The lowest BCUT2D eigenvalue weighted by Crippen LogP contribution is -2.28. The first-order valence-corrected chi connectivity index (χ1v) is 7.77. The molecule has 1 aliphatic heterocycles. The average molecular weight is 254 g/mol. The van der Waals surface area contributed by atoms with Crippen LogP contribution in [0.4, 0.5) is 0 Å². The zero-order chi connectivity index (χ0) is 12.7. The molecular formula is C17H22N2. The number of aliphatic imine (C=N–C) groups is 1. The van der Waals surface area contributed by atoms with Crippen molar-refractivity contribution in [1.29, 1.82) is 0 Å². The highest BCUT2D eigenvalue weighted by Crippen LogP contribution is 2.50. The second-order valence-corrected chi connectivity index (χ2v) is 6.30. The second-order valence-electron chi connectivity index (χ2n) is 6.30. The number of nitrogens with zero attached hydrogens (tertiary/aromatic N) is 1. The second kappa shape index (κ2) is 4.66. The van der Waals surface area contributed by atoms with E-state index in [9.17, 15) is 0 Å². The predicted molar refractivity (Wildman–Crippen MR) is 78.6 cm³/mol. The van der Waals surface area contributed by atoms with Crippen LogP contribution in [0.3, 0.4) is 0 Å². The van der Waals surface area contributed by atoms with Gasteiger partial charge in [-0.1, -0.05) is 24.3 Å². The van der Waals surface area contributed by atoms with Crippen molar-refractivity contribution < 1.29 is 0 Å². The highest BCUT2D eigenvalue weighted by molar-refractivity contribution is 5.84. The molecule has 1 fully saturated rings. The Bertz CT molecular complexity index is 502. The van der Waals surface area contributed by atoms with Crippen molar-refractivity contribution in [3.05, 3.63) is 35.4 Å². The van der Waals surface area contributed by atoms with E-state index in [4.69, 9.17) is 0 Å². The van der Waals surface area contributed by atoms with E-state index in [1.807, 2.05) is 0 Å². The highest BCUT2D eigenvalue weighted by atomic mass is 15.1. The first kappa shape index (κ1) is 11.5. The van der Waals surface area contributed by atoms with Crippen LogP contribution in [0.1, 0.15) is 42.7 Å². The summed E-state index contributed by atoms with van der Waals surface area (Å²) in [6.45, 7) is 2.01. The molecule has 0 spiro atoms. The van der Waals surface area contributed by atoms with Gasteiger partial charge in [-0.15, -0.1) is 0 Å². The van der Waals surface area contributed by atoms with E-state index in [0.717, 1.165) is 31.3 Å². The van der Waals surface area contributed by atoms with E-state index in [1.165, 1.54) is 31.5 Å². The van der Waals surface area contributed by atoms with Crippen molar-refractivity contribution in [1.82, 2.24) is 5.32 Å². The summed E-state index contributed by atoms with van der Waals surface area (Å²) in [5, 5.41) is 3.46. The lowest BCUT2D eigenvalue weighted by atomic mass is 9.71. The molecule has 1 saturated carbocycles. The van der Waals surface area contributed by atoms with Crippen LogP contribution in [0, 0.1) is 11.8 Å². The Morgan fingerprint density at radius 1 is 1.16 bits per heavy atom. The molecule has 0 amide bonds. The van der Waals surface area contributed by atoms with Crippen LogP contribution in [-0.2, 0) is 6.42 Å². The fourth-order valence-corrected chi connectivity index (χ4v) is 4.02.